The Morgan fingerprint density at radius 2 is 2.20 bits per heavy atom. The van der Waals surface area contributed by atoms with Gasteiger partial charge in [0.1, 0.15) is 5.75 Å². The fourth-order valence-electron chi connectivity index (χ4n) is 3.81. The second-order valence-electron chi connectivity index (χ2n) is 6.78. The summed E-state index contributed by atoms with van der Waals surface area (Å²) >= 11 is 6.26. The number of aromatic amines is 1. The summed E-state index contributed by atoms with van der Waals surface area (Å²) < 4.78 is 5.77. The number of amides is 1. The van der Waals surface area contributed by atoms with E-state index in [1.807, 2.05) is 18.2 Å². The fraction of sp³-hybridized carbons (Fsp3) is 0.474. The molecular weight excluding hydrogens is 338 g/mol. The van der Waals surface area contributed by atoms with Crippen molar-refractivity contribution < 1.29 is 9.53 Å². The van der Waals surface area contributed by atoms with Crippen molar-refractivity contribution in [2.45, 2.75) is 51.0 Å². The maximum Gasteiger partial charge on any atom is 0.226 e. The minimum Gasteiger partial charge on any atom is -0.492 e. The standard InChI is InChI=1S/C19H22ClN3O2/c20-14-7-3-6-13-15(9-4-10-25-19(13)14)21-18(24)11-17-12-5-1-2-8-16(12)22-23-17/h3,6-7,15H,1-2,4-5,8-11H2,(H,21,24)(H,22,23). The van der Waals surface area contributed by atoms with Crippen molar-refractivity contribution in [3.05, 3.63) is 45.7 Å². The SMILES string of the molecule is O=C(Cc1n[nH]c2c1CCCC2)NC1CCCOc2c(Cl)cccc21. The van der Waals surface area contributed by atoms with Gasteiger partial charge in [-0.2, -0.15) is 5.10 Å². The highest BCUT2D eigenvalue weighted by molar-refractivity contribution is 6.32. The summed E-state index contributed by atoms with van der Waals surface area (Å²) in [6, 6.07) is 5.63. The second kappa shape index (κ2) is 7.08. The molecule has 0 radical (unpaired) electrons. The summed E-state index contributed by atoms with van der Waals surface area (Å²) in [6.07, 6.45) is 6.47. The van der Waals surface area contributed by atoms with E-state index in [0.29, 0.717) is 23.8 Å². The van der Waals surface area contributed by atoms with Gasteiger partial charge < -0.3 is 10.1 Å². The smallest absolute Gasteiger partial charge is 0.226 e. The number of hydrogen-bond acceptors (Lipinski definition) is 3. The lowest BCUT2D eigenvalue weighted by atomic mass is 9.95. The number of hydrogen-bond donors (Lipinski definition) is 2. The summed E-state index contributed by atoms with van der Waals surface area (Å²) in [4.78, 5) is 12.6. The quantitative estimate of drug-likeness (QED) is 0.881. The number of rotatable bonds is 3. The third-order valence-corrected chi connectivity index (χ3v) is 5.36. The number of halogens is 1. The molecule has 1 aromatic heterocycles. The molecule has 1 aliphatic carbocycles. The first kappa shape index (κ1) is 16.5. The number of carbonyl (C=O) groups excluding carboxylic acids is 1. The zero-order chi connectivity index (χ0) is 17.2. The Bertz CT molecular complexity index is 787. The molecule has 25 heavy (non-hydrogen) atoms. The third kappa shape index (κ3) is 3.38. The Labute approximate surface area is 152 Å². The van der Waals surface area contributed by atoms with Crippen molar-refractivity contribution in [1.82, 2.24) is 15.5 Å². The number of benzene rings is 1. The van der Waals surface area contributed by atoms with Crippen LogP contribution in [0.3, 0.4) is 0 Å². The normalized spacial score (nSPS) is 19.3. The Morgan fingerprint density at radius 3 is 3.12 bits per heavy atom. The van der Waals surface area contributed by atoms with Gasteiger partial charge in [0.2, 0.25) is 5.91 Å². The van der Waals surface area contributed by atoms with Crippen molar-refractivity contribution in [2.75, 3.05) is 6.61 Å². The number of para-hydroxylation sites is 1. The number of fused-ring (bicyclic) bond motifs is 2. The number of aromatic nitrogens is 2. The zero-order valence-electron chi connectivity index (χ0n) is 14.1. The predicted molar refractivity (Wildman–Crippen MR) is 96.0 cm³/mol. The average Bonchev–Trinajstić information content (AvgIpc) is 2.90. The first-order valence-electron chi connectivity index (χ1n) is 8.98. The van der Waals surface area contributed by atoms with E-state index in [0.717, 1.165) is 36.9 Å². The summed E-state index contributed by atoms with van der Waals surface area (Å²) in [7, 11) is 0. The molecule has 6 heteroatoms. The van der Waals surface area contributed by atoms with Crippen molar-refractivity contribution in [2.24, 2.45) is 0 Å². The van der Waals surface area contributed by atoms with Crippen molar-refractivity contribution in [3.63, 3.8) is 0 Å². The van der Waals surface area contributed by atoms with Crippen molar-refractivity contribution in [1.29, 1.82) is 0 Å². The lowest BCUT2D eigenvalue weighted by molar-refractivity contribution is -0.121. The molecule has 4 rings (SSSR count). The topological polar surface area (TPSA) is 67.0 Å². The first-order valence-corrected chi connectivity index (χ1v) is 9.35. The van der Waals surface area contributed by atoms with Crippen LogP contribution in [-0.4, -0.2) is 22.7 Å². The molecule has 5 nitrogen and oxygen atoms in total. The van der Waals surface area contributed by atoms with Gasteiger partial charge in [-0.05, 0) is 50.2 Å². The molecular formula is C19H22ClN3O2. The number of H-pyrrole nitrogens is 1. The highest BCUT2D eigenvalue weighted by Crippen LogP contribution is 2.37. The van der Waals surface area contributed by atoms with Crippen LogP contribution in [0.4, 0.5) is 0 Å². The maximum absolute atomic E-state index is 12.6. The minimum atomic E-state index is -0.0709. The van der Waals surface area contributed by atoms with Crippen LogP contribution in [0.2, 0.25) is 5.02 Å². The lowest BCUT2D eigenvalue weighted by Crippen LogP contribution is -2.30. The van der Waals surface area contributed by atoms with Crippen molar-refractivity contribution in [3.8, 4) is 5.75 Å². The van der Waals surface area contributed by atoms with E-state index < -0.39 is 0 Å². The second-order valence-corrected chi connectivity index (χ2v) is 7.19. The zero-order valence-corrected chi connectivity index (χ0v) is 14.9. The van der Waals surface area contributed by atoms with Crippen LogP contribution in [0.25, 0.3) is 0 Å². The molecule has 132 valence electrons. The van der Waals surface area contributed by atoms with Gasteiger partial charge in [-0.1, -0.05) is 23.7 Å². The van der Waals surface area contributed by atoms with E-state index in [1.165, 1.54) is 24.1 Å². The average molecular weight is 360 g/mol. The van der Waals surface area contributed by atoms with E-state index in [2.05, 4.69) is 15.5 Å². The molecule has 1 amide bonds. The Kier molecular flexibility index (Phi) is 4.66. The van der Waals surface area contributed by atoms with Crippen LogP contribution in [0.5, 0.6) is 5.75 Å². The van der Waals surface area contributed by atoms with E-state index in [4.69, 9.17) is 16.3 Å². The Morgan fingerprint density at radius 1 is 1.32 bits per heavy atom. The molecule has 2 aromatic rings. The molecule has 1 atom stereocenters. The number of nitrogens with zero attached hydrogens (tertiary/aromatic N) is 1. The summed E-state index contributed by atoms with van der Waals surface area (Å²) in [5.74, 6) is 0.696. The van der Waals surface area contributed by atoms with Crippen LogP contribution >= 0.6 is 11.6 Å². The van der Waals surface area contributed by atoms with Gasteiger partial charge in [0.25, 0.3) is 0 Å². The molecule has 2 aliphatic rings. The molecule has 0 fully saturated rings. The van der Waals surface area contributed by atoms with Gasteiger partial charge in [0, 0.05) is 11.3 Å². The van der Waals surface area contributed by atoms with Gasteiger partial charge in [0.05, 0.1) is 29.8 Å². The van der Waals surface area contributed by atoms with Crippen LogP contribution in [-0.2, 0) is 24.1 Å². The number of aryl methyl sites for hydroxylation is 1. The van der Waals surface area contributed by atoms with Crippen LogP contribution in [0.1, 0.15) is 54.2 Å². The number of ether oxygens (including phenoxy) is 1. The van der Waals surface area contributed by atoms with Crippen LogP contribution < -0.4 is 10.1 Å². The van der Waals surface area contributed by atoms with E-state index in [-0.39, 0.29) is 11.9 Å². The third-order valence-electron chi connectivity index (χ3n) is 5.06. The monoisotopic (exact) mass is 359 g/mol. The molecule has 0 saturated heterocycles. The van der Waals surface area contributed by atoms with E-state index in [9.17, 15) is 4.79 Å². The highest BCUT2D eigenvalue weighted by atomic mass is 35.5. The van der Waals surface area contributed by atoms with Gasteiger partial charge >= 0.3 is 0 Å². The summed E-state index contributed by atoms with van der Waals surface area (Å²) in [6.45, 7) is 0.621. The lowest BCUT2D eigenvalue weighted by Gasteiger charge is -2.19. The van der Waals surface area contributed by atoms with Crippen molar-refractivity contribution >= 4 is 17.5 Å². The Balaban J connectivity index is 1.50. The highest BCUT2D eigenvalue weighted by Gasteiger charge is 2.24. The summed E-state index contributed by atoms with van der Waals surface area (Å²) in [5, 5.41) is 11.2. The van der Waals surface area contributed by atoms with Gasteiger partial charge in [-0.25, -0.2) is 0 Å². The number of carbonyl (C=O) groups is 1. The fourth-order valence-corrected chi connectivity index (χ4v) is 4.05. The largest absolute Gasteiger partial charge is 0.492 e. The van der Waals surface area contributed by atoms with Crippen LogP contribution in [0.15, 0.2) is 18.2 Å². The molecule has 0 spiro atoms. The molecule has 0 saturated carbocycles. The molecule has 2 N–H and O–H groups in total. The minimum absolute atomic E-state index is 0.00213. The molecule has 2 heterocycles. The number of nitrogens with one attached hydrogen (secondary N) is 2. The maximum atomic E-state index is 12.6. The van der Waals surface area contributed by atoms with Gasteiger partial charge in [-0.3, -0.25) is 9.89 Å². The van der Waals surface area contributed by atoms with Gasteiger partial charge in [-0.15, -0.1) is 0 Å². The van der Waals surface area contributed by atoms with Gasteiger partial charge in [0.15, 0.2) is 0 Å². The van der Waals surface area contributed by atoms with Crippen LogP contribution in [0, 0.1) is 0 Å². The van der Waals surface area contributed by atoms with E-state index in [1.54, 1.807) is 0 Å². The predicted octanol–water partition coefficient (Wildman–Crippen LogP) is 3.51. The first-order chi connectivity index (χ1) is 12.2. The molecule has 1 unspecified atom stereocenters. The summed E-state index contributed by atoms with van der Waals surface area (Å²) in [5.41, 5.74) is 4.30. The molecule has 0 bridgehead atoms. The van der Waals surface area contributed by atoms with E-state index >= 15 is 0 Å². The Hall–Kier alpha value is -2.01. The molecule has 1 aromatic carbocycles. The molecule has 1 aliphatic heterocycles.